The van der Waals surface area contributed by atoms with Crippen molar-refractivity contribution in [2.24, 2.45) is 0 Å². The number of hydrogen-bond acceptors (Lipinski definition) is 8. The lowest BCUT2D eigenvalue weighted by molar-refractivity contribution is -0.117. The summed E-state index contributed by atoms with van der Waals surface area (Å²) in [6.07, 6.45) is 4.61. The smallest absolute Gasteiger partial charge is 0.226 e. The van der Waals surface area contributed by atoms with Crippen LogP contribution in [0, 0.1) is 0 Å². The molecule has 0 bridgehead atoms. The van der Waals surface area contributed by atoms with Gasteiger partial charge in [0.15, 0.2) is 12.1 Å². The first-order valence-corrected chi connectivity index (χ1v) is 11.4. The number of anilines is 2. The first-order chi connectivity index (χ1) is 16.0. The lowest BCUT2D eigenvalue weighted by Gasteiger charge is -2.11. The third-order valence-electron chi connectivity index (χ3n) is 5.07. The molecule has 1 fully saturated rings. The molecule has 1 aliphatic heterocycles. The van der Waals surface area contributed by atoms with E-state index in [4.69, 9.17) is 5.73 Å². The van der Waals surface area contributed by atoms with E-state index in [1.165, 1.54) is 37.3 Å². The Balaban J connectivity index is 0.000000205. The maximum absolute atomic E-state index is 10.8. The number of nitrogen functional groups attached to an aromatic ring is 1. The third kappa shape index (κ3) is 7.03. The molecule has 172 valence electrons. The monoisotopic (exact) mass is 464 g/mol. The minimum Gasteiger partial charge on any atom is -0.388 e. The highest BCUT2D eigenvalue weighted by Gasteiger charge is 2.16. The van der Waals surface area contributed by atoms with Crippen molar-refractivity contribution in [3.8, 4) is 11.3 Å². The van der Waals surface area contributed by atoms with Crippen molar-refractivity contribution >= 4 is 35.6 Å². The normalized spacial score (nSPS) is 14.7. The second kappa shape index (κ2) is 12.0. The molecule has 2 heterocycles. The topological polar surface area (TPSA) is 122 Å². The highest BCUT2D eigenvalue weighted by atomic mass is 32.2. The first kappa shape index (κ1) is 24.2. The SMILES string of the molecule is CNc1ccc(SNC(C)=O)cc1.Nc1ncc(-c2ccc(C3CCCN3)cc2)nc1C=O. The van der Waals surface area contributed by atoms with Gasteiger partial charge < -0.3 is 16.4 Å². The molecule has 1 saturated heterocycles. The van der Waals surface area contributed by atoms with Crippen LogP contribution in [0.5, 0.6) is 0 Å². The molecule has 2 aromatic carbocycles. The van der Waals surface area contributed by atoms with Crippen molar-refractivity contribution in [2.45, 2.75) is 30.7 Å². The standard InChI is InChI=1S/C15H16N4O.C9H12N2OS/c16-15-14(9-20)19-13(8-18-15)11-5-3-10(4-6-11)12-2-1-7-17-12;1-7(12)11-13-9-5-3-8(10-2)4-6-9/h3-6,8-9,12,17H,1-2,7H2,(H2,16,18);3-6,10H,1-2H3,(H,11,12). The number of carbonyl (C=O) groups excluding carboxylic acids is 2. The van der Waals surface area contributed by atoms with Crippen molar-refractivity contribution in [3.05, 3.63) is 66.0 Å². The zero-order valence-electron chi connectivity index (χ0n) is 18.7. The van der Waals surface area contributed by atoms with Crippen molar-refractivity contribution < 1.29 is 9.59 Å². The summed E-state index contributed by atoms with van der Waals surface area (Å²) in [5.74, 6) is 0.123. The van der Waals surface area contributed by atoms with E-state index in [2.05, 4.69) is 37.5 Å². The molecule has 0 spiro atoms. The van der Waals surface area contributed by atoms with Gasteiger partial charge in [-0.05, 0) is 61.2 Å². The van der Waals surface area contributed by atoms with E-state index in [0.29, 0.717) is 18.0 Å². The Labute approximate surface area is 197 Å². The van der Waals surface area contributed by atoms with Gasteiger partial charge in [-0.2, -0.15) is 0 Å². The van der Waals surface area contributed by atoms with Crippen LogP contribution in [0.3, 0.4) is 0 Å². The molecule has 33 heavy (non-hydrogen) atoms. The molecule has 1 aliphatic rings. The van der Waals surface area contributed by atoms with E-state index < -0.39 is 0 Å². The number of hydrogen-bond donors (Lipinski definition) is 4. The van der Waals surface area contributed by atoms with Crippen LogP contribution in [0.2, 0.25) is 0 Å². The quantitative estimate of drug-likeness (QED) is 0.321. The molecule has 8 nitrogen and oxygen atoms in total. The Bertz CT molecular complexity index is 1070. The zero-order valence-corrected chi connectivity index (χ0v) is 19.5. The maximum atomic E-state index is 10.8. The van der Waals surface area contributed by atoms with Gasteiger partial charge in [-0.15, -0.1) is 0 Å². The number of amides is 1. The van der Waals surface area contributed by atoms with Crippen LogP contribution in [0.1, 0.15) is 41.9 Å². The fraction of sp³-hybridized carbons (Fsp3) is 0.250. The van der Waals surface area contributed by atoms with E-state index >= 15 is 0 Å². The van der Waals surface area contributed by atoms with Crippen LogP contribution in [0.15, 0.2) is 59.6 Å². The van der Waals surface area contributed by atoms with Crippen molar-refractivity contribution in [1.29, 1.82) is 0 Å². The third-order valence-corrected chi connectivity index (χ3v) is 5.96. The molecular formula is C24H28N6O2S. The number of nitrogens with one attached hydrogen (secondary N) is 3. The second-order valence-corrected chi connectivity index (χ2v) is 8.33. The van der Waals surface area contributed by atoms with Gasteiger partial charge in [-0.3, -0.25) is 14.3 Å². The van der Waals surface area contributed by atoms with Crippen LogP contribution in [-0.2, 0) is 4.79 Å². The van der Waals surface area contributed by atoms with Crippen LogP contribution in [0.25, 0.3) is 11.3 Å². The predicted molar refractivity (Wildman–Crippen MR) is 133 cm³/mol. The first-order valence-electron chi connectivity index (χ1n) is 10.6. The number of rotatable bonds is 6. The van der Waals surface area contributed by atoms with Crippen LogP contribution in [-0.4, -0.2) is 35.8 Å². The van der Waals surface area contributed by atoms with Crippen LogP contribution < -0.4 is 21.1 Å². The number of aromatic nitrogens is 2. The summed E-state index contributed by atoms with van der Waals surface area (Å²) in [6, 6.07) is 16.5. The van der Waals surface area contributed by atoms with E-state index in [-0.39, 0.29) is 17.4 Å². The molecule has 0 saturated carbocycles. The summed E-state index contributed by atoms with van der Waals surface area (Å²) < 4.78 is 2.66. The van der Waals surface area contributed by atoms with Gasteiger partial charge in [0, 0.05) is 36.2 Å². The van der Waals surface area contributed by atoms with Gasteiger partial charge in [-0.25, -0.2) is 9.97 Å². The van der Waals surface area contributed by atoms with E-state index in [1.54, 1.807) is 6.20 Å². The number of benzene rings is 2. The molecular weight excluding hydrogens is 436 g/mol. The Hall–Kier alpha value is -3.43. The lowest BCUT2D eigenvalue weighted by atomic mass is 10.0. The minimum atomic E-state index is -0.0392. The van der Waals surface area contributed by atoms with Gasteiger partial charge in [0.25, 0.3) is 0 Å². The number of aldehydes is 1. The molecule has 0 aliphatic carbocycles. The summed E-state index contributed by atoms with van der Waals surface area (Å²) in [5.41, 5.74) is 9.69. The molecule has 0 radical (unpaired) electrons. The molecule has 9 heteroatoms. The number of nitrogens with two attached hydrogens (primary N) is 1. The van der Waals surface area contributed by atoms with Crippen LogP contribution >= 0.6 is 11.9 Å². The number of nitrogens with zero attached hydrogens (tertiary/aromatic N) is 2. The summed E-state index contributed by atoms with van der Waals surface area (Å²) >= 11 is 1.32. The van der Waals surface area contributed by atoms with Gasteiger partial charge >= 0.3 is 0 Å². The average molecular weight is 465 g/mol. The molecule has 5 N–H and O–H groups in total. The predicted octanol–water partition coefficient (Wildman–Crippen LogP) is 3.83. The Morgan fingerprint density at radius 3 is 2.48 bits per heavy atom. The van der Waals surface area contributed by atoms with Gasteiger partial charge in [-0.1, -0.05) is 24.3 Å². The molecule has 1 aromatic heterocycles. The number of carbonyl (C=O) groups is 2. The zero-order chi connectivity index (χ0) is 23.6. The summed E-state index contributed by atoms with van der Waals surface area (Å²) in [6.45, 7) is 2.58. The van der Waals surface area contributed by atoms with Crippen molar-refractivity contribution in [3.63, 3.8) is 0 Å². The highest BCUT2D eigenvalue weighted by molar-refractivity contribution is 7.98. The second-order valence-electron chi connectivity index (χ2n) is 7.45. The Morgan fingerprint density at radius 2 is 1.91 bits per heavy atom. The molecule has 1 atom stereocenters. The summed E-state index contributed by atoms with van der Waals surface area (Å²) in [5, 5.41) is 6.49. The summed E-state index contributed by atoms with van der Waals surface area (Å²) in [7, 11) is 1.87. The molecule has 3 aromatic rings. The molecule has 4 rings (SSSR count). The van der Waals surface area contributed by atoms with E-state index in [0.717, 1.165) is 22.7 Å². The minimum absolute atomic E-state index is 0.0392. The summed E-state index contributed by atoms with van der Waals surface area (Å²) in [4.78, 5) is 30.7. The Kier molecular flexibility index (Phi) is 8.79. The highest BCUT2D eigenvalue weighted by Crippen LogP contribution is 2.25. The average Bonchev–Trinajstić information content (AvgIpc) is 3.39. The van der Waals surface area contributed by atoms with Crippen molar-refractivity contribution in [2.75, 3.05) is 24.6 Å². The Morgan fingerprint density at radius 1 is 1.18 bits per heavy atom. The molecule has 1 unspecified atom stereocenters. The van der Waals surface area contributed by atoms with Gasteiger partial charge in [0.05, 0.1) is 11.9 Å². The van der Waals surface area contributed by atoms with Gasteiger partial charge in [0.2, 0.25) is 5.91 Å². The van der Waals surface area contributed by atoms with E-state index in [9.17, 15) is 9.59 Å². The fourth-order valence-electron chi connectivity index (χ4n) is 3.31. The van der Waals surface area contributed by atoms with Gasteiger partial charge in [0.1, 0.15) is 5.69 Å². The lowest BCUT2D eigenvalue weighted by Crippen LogP contribution is -2.12. The van der Waals surface area contributed by atoms with Crippen LogP contribution in [0.4, 0.5) is 11.5 Å². The molecule has 1 amide bonds. The van der Waals surface area contributed by atoms with E-state index in [1.807, 2.05) is 43.4 Å². The van der Waals surface area contributed by atoms with Crippen molar-refractivity contribution in [1.82, 2.24) is 20.0 Å². The fourth-order valence-corrected chi connectivity index (χ4v) is 3.85. The maximum Gasteiger partial charge on any atom is 0.226 e. The largest absolute Gasteiger partial charge is 0.388 e.